The van der Waals surface area contributed by atoms with Crippen molar-refractivity contribution in [3.63, 3.8) is 0 Å². The first-order valence-electron chi connectivity index (χ1n) is 5.87. The largest absolute Gasteiger partial charge is 0.469 e. The van der Waals surface area contributed by atoms with E-state index >= 15 is 0 Å². The van der Waals surface area contributed by atoms with Crippen molar-refractivity contribution in [1.29, 1.82) is 0 Å². The molecule has 0 spiro atoms. The summed E-state index contributed by atoms with van der Waals surface area (Å²) in [4.78, 5) is 0. The molecule has 0 aliphatic carbocycles. The average molecular weight is 284 g/mol. The maximum Gasteiger partial charge on any atom is 0.103 e. The highest BCUT2D eigenvalue weighted by Gasteiger charge is 2.09. The van der Waals surface area contributed by atoms with Crippen LogP contribution in [-0.4, -0.2) is 6.04 Å². The van der Waals surface area contributed by atoms with Gasteiger partial charge < -0.3 is 10.2 Å². The van der Waals surface area contributed by atoms with E-state index in [1.807, 2.05) is 24.3 Å². The Morgan fingerprint density at radius 2 is 2.06 bits per heavy atom. The van der Waals surface area contributed by atoms with Crippen molar-refractivity contribution in [2.24, 2.45) is 5.73 Å². The van der Waals surface area contributed by atoms with Crippen LogP contribution in [0.1, 0.15) is 17.7 Å². The van der Waals surface area contributed by atoms with Crippen LogP contribution in [0.3, 0.4) is 0 Å². The van der Waals surface area contributed by atoms with E-state index in [4.69, 9.17) is 33.4 Å². The summed E-state index contributed by atoms with van der Waals surface area (Å²) in [6, 6.07) is 9.42. The third-order valence-electron chi connectivity index (χ3n) is 2.84. The summed E-state index contributed by atoms with van der Waals surface area (Å²) in [5.74, 6) is 0.965. The number of halogens is 2. The second-order valence-corrected chi connectivity index (χ2v) is 5.16. The van der Waals surface area contributed by atoms with Crippen molar-refractivity contribution in [3.05, 3.63) is 58.0 Å². The van der Waals surface area contributed by atoms with Crippen molar-refractivity contribution >= 4 is 23.2 Å². The topological polar surface area (TPSA) is 39.2 Å². The van der Waals surface area contributed by atoms with E-state index < -0.39 is 0 Å². The Morgan fingerprint density at radius 1 is 1.22 bits per heavy atom. The summed E-state index contributed by atoms with van der Waals surface area (Å²) >= 11 is 12.0. The third kappa shape index (κ3) is 3.77. The molecule has 18 heavy (non-hydrogen) atoms. The fraction of sp³-hybridized carbons (Fsp3) is 0.286. The lowest BCUT2D eigenvalue weighted by molar-refractivity contribution is 0.484. The van der Waals surface area contributed by atoms with E-state index in [0.717, 1.165) is 30.6 Å². The number of rotatable bonds is 5. The lowest BCUT2D eigenvalue weighted by Crippen LogP contribution is -2.23. The van der Waals surface area contributed by atoms with Gasteiger partial charge in [-0.1, -0.05) is 29.3 Å². The molecule has 2 aromatic rings. The maximum atomic E-state index is 6.11. The van der Waals surface area contributed by atoms with Gasteiger partial charge in [0, 0.05) is 22.5 Å². The Hall–Kier alpha value is -0.960. The fourth-order valence-corrected chi connectivity index (χ4v) is 2.34. The molecule has 0 saturated carbocycles. The van der Waals surface area contributed by atoms with Crippen LogP contribution in [0.15, 0.2) is 41.0 Å². The highest BCUT2D eigenvalue weighted by molar-refractivity contribution is 6.35. The molecule has 1 heterocycles. The zero-order chi connectivity index (χ0) is 13.0. The van der Waals surface area contributed by atoms with Crippen LogP contribution in [0.25, 0.3) is 0 Å². The summed E-state index contributed by atoms with van der Waals surface area (Å²) in [6.45, 7) is 0. The average Bonchev–Trinajstić information content (AvgIpc) is 2.83. The lowest BCUT2D eigenvalue weighted by Gasteiger charge is -2.12. The molecule has 0 aliphatic heterocycles. The third-order valence-corrected chi connectivity index (χ3v) is 3.43. The van der Waals surface area contributed by atoms with Crippen LogP contribution in [0.5, 0.6) is 0 Å². The first-order valence-corrected chi connectivity index (χ1v) is 6.62. The molecule has 0 radical (unpaired) electrons. The molecule has 4 heteroatoms. The molecule has 0 bridgehead atoms. The van der Waals surface area contributed by atoms with Crippen molar-refractivity contribution in [2.45, 2.75) is 25.3 Å². The summed E-state index contributed by atoms with van der Waals surface area (Å²) in [5.41, 5.74) is 7.13. The van der Waals surface area contributed by atoms with Gasteiger partial charge >= 0.3 is 0 Å². The van der Waals surface area contributed by atoms with Crippen LogP contribution in [-0.2, 0) is 12.8 Å². The number of furan rings is 1. The Balaban J connectivity index is 1.88. The highest BCUT2D eigenvalue weighted by Crippen LogP contribution is 2.22. The van der Waals surface area contributed by atoms with Gasteiger partial charge in [-0.2, -0.15) is 0 Å². The van der Waals surface area contributed by atoms with Crippen LogP contribution >= 0.6 is 23.2 Å². The molecule has 1 aromatic carbocycles. The molecule has 1 unspecified atom stereocenters. The second-order valence-electron chi connectivity index (χ2n) is 4.32. The van der Waals surface area contributed by atoms with Gasteiger partial charge in [-0.3, -0.25) is 0 Å². The number of nitrogens with two attached hydrogens (primary N) is 1. The van der Waals surface area contributed by atoms with E-state index in [1.165, 1.54) is 0 Å². The van der Waals surface area contributed by atoms with Gasteiger partial charge in [0.25, 0.3) is 0 Å². The predicted octanol–water partition coefficient (Wildman–Crippen LogP) is 4.09. The minimum absolute atomic E-state index is 0.0637. The Labute approximate surface area is 117 Å². The quantitative estimate of drug-likeness (QED) is 0.898. The summed E-state index contributed by atoms with van der Waals surface area (Å²) in [7, 11) is 0. The van der Waals surface area contributed by atoms with Crippen LogP contribution in [0.2, 0.25) is 10.0 Å². The van der Waals surface area contributed by atoms with Gasteiger partial charge in [0.2, 0.25) is 0 Å². The normalized spacial score (nSPS) is 12.6. The van der Waals surface area contributed by atoms with E-state index in [1.54, 1.807) is 12.3 Å². The molecule has 96 valence electrons. The van der Waals surface area contributed by atoms with E-state index in [0.29, 0.717) is 10.0 Å². The molecular weight excluding hydrogens is 269 g/mol. The van der Waals surface area contributed by atoms with Crippen molar-refractivity contribution in [1.82, 2.24) is 0 Å². The molecule has 0 amide bonds. The Kier molecular flexibility index (Phi) is 4.70. The molecule has 2 nitrogen and oxygen atoms in total. The van der Waals surface area contributed by atoms with Gasteiger partial charge in [-0.05, 0) is 42.7 Å². The highest BCUT2D eigenvalue weighted by atomic mass is 35.5. The first kappa shape index (κ1) is 13.5. The van der Waals surface area contributed by atoms with Gasteiger partial charge in [0.15, 0.2) is 0 Å². The zero-order valence-electron chi connectivity index (χ0n) is 9.90. The van der Waals surface area contributed by atoms with Crippen molar-refractivity contribution in [3.8, 4) is 0 Å². The van der Waals surface area contributed by atoms with Gasteiger partial charge in [0.1, 0.15) is 5.76 Å². The molecule has 0 aliphatic rings. The van der Waals surface area contributed by atoms with E-state index in [9.17, 15) is 0 Å². The van der Waals surface area contributed by atoms with Gasteiger partial charge in [-0.15, -0.1) is 0 Å². The smallest absolute Gasteiger partial charge is 0.103 e. The SMILES string of the molecule is NC(CCc1ccco1)Cc1ccc(Cl)cc1Cl. The lowest BCUT2D eigenvalue weighted by atomic mass is 10.0. The van der Waals surface area contributed by atoms with Gasteiger partial charge in [0.05, 0.1) is 6.26 Å². The second kappa shape index (κ2) is 6.28. The molecule has 1 aromatic heterocycles. The summed E-state index contributed by atoms with van der Waals surface area (Å²) in [6.07, 6.45) is 4.14. The Bertz CT molecular complexity index is 497. The van der Waals surface area contributed by atoms with Crippen LogP contribution in [0.4, 0.5) is 0 Å². The standard InChI is InChI=1S/C14H15Cl2NO/c15-11-4-3-10(14(16)9-11)8-12(17)5-6-13-2-1-7-18-13/h1-4,7,9,12H,5-6,8,17H2. The number of hydrogen-bond acceptors (Lipinski definition) is 2. The van der Waals surface area contributed by atoms with Crippen molar-refractivity contribution < 1.29 is 4.42 Å². The summed E-state index contributed by atoms with van der Waals surface area (Å²) in [5, 5.41) is 1.32. The molecule has 0 saturated heterocycles. The van der Waals surface area contributed by atoms with Crippen LogP contribution < -0.4 is 5.73 Å². The maximum absolute atomic E-state index is 6.11. The number of benzene rings is 1. The monoisotopic (exact) mass is 283 g/mol. The number of aryl methyl sites for hydroxylation is 1. The van der Waals surface area contributed by atoms with E-state index in [-0.39, 0.29) is 6.04 Å². The molecular formula is C14H15Cl2NO. The fourth-order valence-electron chi connectivity index (χ4n) is 1.85. The number of hydrogen-bond donors (Lipinski definition) is 1. The van der Waals surface area contributed by atoms with E-state index in [2.05, 4.69) is 0 Å². The minimum Gasteiger partial charge on any atom is -0.469 e. The molecule has 2 rings (SSSR count). The molecule has 2 N–H and O–H groups in total. The minimum atomic E-state index is 0.0637. The van der Waals surface area contributed by atoms with Gasteiger partial charge in [-0.25, -0.2) is 0 Å². The summed E-state index contributed by atoms with van der Waals surface area (Å²) < 4.78 is 5.27. The van der Waals surface area contributed by atoms with Crippen LogP contribution in [0, 0.1) is 0 Å². The van der Waals surface area contributed by atoms with Crippen molar-refractivity contribution in [2.75, 3.05) is 0 Å². The molecule has 0 fully saturated rings. The molecule has 1 atom stereocenters. The zero-order valence-corrected chi connectivity index (χ0v) is 11.4. The predicted molar refractivity (Wildman–Crippen MR) is 75.2 cm³/mol. The first-order chi connectivity index (χ1) is 8.65. The Morgan fingerprint density at radius 3 is 2.72 bits per heavy atom.